The van der Waals surface area contributed by atoms with Gasteiger partial charge in [-0.05, 0) is 42.2 Å². The third-order valence-electron chi connectivity index (χ3n) is 3.85. The Morgan fingerprint density at radius 1 is 1.18 bits per heavy atom. The summed E-state index contributed by atoms with van der Waals surface area (Å²) in [6.45, 7) is 0. The summed E-state index contributed by atoms with van der Waals surface area (Å²) in [5.41, 5.74) is 1.71. The predicted octanol–water partition coefficient (Wildman–Crippen LogP) is 4.74. The number of hydrogen-bond donors (Lipinski definition) is 1. The average Bonchev–Trinajstić information content (AvgIpc) is 3.28. The van der Waals surface area contributed by atoms with Crippen LogP contribution in [0.15, 0.2) is 42.5 Å². The molecule has 1 N–H and O–H groups in total. The minimum Gasteiger partial charge on any atom is -0.495 e. The van der Waals surface area contributed by atoms with E-state index in [-0.39, 0.29) is 17.7 Å². The lowest BCUT2D eigenvalue weighted by atomic mass is 10.1. The number of hydrogen-bond acceptors (Lipinski definition) is 2. The number of rotatable bonds is 4. The first kappa shape index (κ1) is 15.2. The molecule has 2 aromatic rings. The fraction of sp³-hybridized carbons (Fsp3) is 0.235. The summed E-state index contributed by atoms with van der Waals surface area (Å²) in [4.78, 5) is 12.3. The molecule has 3 rings (SSSR count). The smallest absolute Gasteiger partial charge is 0.228 e. The van der Waals surface area contributed by atoms with Crippen LogP contribution in [0.25, 0.3) is 0 Å². The van der Waals surface area contributed by atoms with Gasteiger partial charge in [0.1, 0.15) is 5.75 Å². The van der Waals surface area contributed by atoms with Gasteiger partial charge in [0.25, 0.3) is 0 Å². The highest BCUT2D eigenvalue weighted by Crippen LogP contribution is 2.50. The van der Waals surface area contributed by atoms with Gasteiger partial charge in [0, 0.05) is 16.6 Å². The molecule has 0 bridgehead atoms. The van der Waals surface area contributed by atoms with Crippen molar-refractivity contribution in [2.24, 2.45) is 5.92 Å². The second-order valence-electron chi connectivity index (χ2n) is 5.31. The van der Waals surface area contributed by atoms with Crippen LogP contribution in [0.2, 0.25) is 10.0 Å². The number of nitrogens with one attached hydrogen (secondary N) is 1. The van der Waals surface area contributed by atoms with E-state index in [9.17, 15) is 4.79 Å². The highest BCUT2D eigenvalue weighted by molar-refractivity contribution is 6.32. The van der Waals surface area contributed by atoms with Gasteiger partial charge in [-0.25, -0.2) is 0 Å². The van der Waals surface area contributed by atoms with Crippen LogP contribution in [0.5, 0.6) is 5.75 Å². The van der Waals surface area contributed by atoms with Crippen molar-refractivity contribution in [3.63, 3.8) is 0 Å². The second kappa shape index (κ2) is 6.19. The van der Waals surface area contributed by atoms with Crippen molar-refractivity contribution in [1.29, 1.82) is 0 Å². The van der Waals surface area contributed by atoms with Crippen LogP contribution >= 0.6 is 23.2 Å². The van der Waals surface area contributed by atoms with Crippen molar-refractivity contribution in [3.05, 3.63) is 58.1 Å². The fourth-order valence-electron chi connectivity index (χ4n) is 2.58. The Morgan fingerprint density at radius 2 is 1.95 bits per heavy atom. The molecule has 1 fully saturated rings. The quantitative estimate of drug-likeness (QED) is 0.875. The van der Waals surface area contributed by atoms with E-state index in [1.165, 1.54) is 0 Å². The lowest BCUT2D eigenvalue weighted by Crippen LogP contribution is -2.14. The van der Waals surface area contributed by atoms with Gasteiger partial charge < -0.3 is 10.1 Å². The Hall–Kier alpha value is -1.71. The molecule has 0 radical (unpaired) electrons. The molecule has 0 aromatic heterocycles. The summed E-state index contributed by atoms with van der Waals surface area (Å²) in [6.07, 6.45) is 0.819. The molecule has 1 aliphatic rings. The summed E-state index contributed by atoms with van der Waals surface area (Å²) in [6, 6.07) is 12.9. The molecule has 2 unspecified atom stereocenters. The third-order valence-corrected chi connectivity index (χ3v) is 4.49. The summed E-state index contributed by atoms with van der Waals surface area (Å²) >= 11 is 12.2. The molecular formula is C17H15Cl2NO2. The lowest BCUT2D eigenvalue weighted by Gasteiger charge is -2.08. The minimum atomic E-state index is -0.0409. The number of benzene rings is 2. The number of anilines is 1. The van der Waals surface area contributed by atoms with Crippen LogP contribution in [0, 0.1) is 5.92 Å². The van der Waals surface area contributed by atoms with Gasteiger partial charge in [0.05, 0.1) is 12.1 Å². The second-order valence-corrected chi connectivity index (χ2v) is 6.12. The van der Waals surface area contributed by atoms with Crippen LogP contribution in [0.3, 0.4) is 0 Å². The van der Waals surface area contributed by atoms with Crippen molar-refractivity contribution < 1.29 is 9.53 Å². The van der Waals surface area contributed by atoms with Crippen molar-refractivity contribution in [1.82, 2.24) is 0 Å². The Labute approximate surface area is 139 Å². The maximum atomic E-state index is 12.3. The first-order valence-corrected chi connectivity index (χ1v) is 7.74. The van der Waals surface area contributed by atoms with E-state index >= 15 is 0 Å². The first-order valence-electron chi connectivity index (χ1n) is 6.99. The van der Waals surface area contributed by atoms with Gasteiger partial charge in [-0.3, -0.25) is 4.79 Å². The number of amides is 1. The zero-order valence-electron chi connectivity index (χ0n) is 12.0. The lowest BCUT2D eigenvalue weighted by molar-refractivity contribution is -0.117. The number of carbonyl (C=O) groups is 1. The first-order chi connectivity index (χ1) is 10.6. The number of carbonyl (C=O) groups excluding carboxylic acids is 1. The Morgan fingerprint density at radius 3 is 2.64 bits per heavy atom. The number of methoxy groups -OCH3 is 1. The van der Waals surface area contributed by atoms with E-state index in [1.807, 2.05) is 24.3 Å². The zero-order chi connectivity index (χ0) is 15.7. The maximum Gasteiger partial charge on any atom is 0.228 e. The molecule has 3 nitrogen and oxygen atoms in total. The Balaban J connectivity index is 1.67. The van der Waals surface area contributed by atoms with Crippen molar-refractivity contribution in [3.8, 4) is 5.75 Å². The monoisotopic (exact) mass is 335 g/mol. The molecule has 1 aliphatic carbocycles. The van der Waals surface area contributed by atoms with Gasteiger partial charge in [-0.15, -0.1) is 0 Å². The summed E-state index contributed by atoms with van der Waals surface area (Å²) < 4.78 is 5.09. The van der Waals surface area contributed by atoms with Gasteiger partial charge in [-0.2, -0.15) is 0 Å². The molecule has 5 heteroatoms. The molecule has 1 amide bonds. The van der Waals surface area contributed by atoms with Gasteiger partial charge in [0.15, 0.2) is 0 Å². The van der Waals surface area contributed by atoms with Crippen molar-refractivity contribution in [2.45, 2.75) is 12.3 Å². The molecule has 0 aliphatic heterocycles. The molecule has 1 saturated carbocycles. The van der Waals surface area contributed by atoms with Gasteiger partial charge in [0.2, 0.25) is 5.91 Å². The highest BCUT2D eigenvalue weighted by Gasteiger charge is 2.44. The van der Waals surface area contributed by atoms with Crippen LogP contribution in [-0.2, 0) is 4.79 Å². The summed E-state index contributed by atoms with van der Waals surface area (Å²) in [5.74, 6) is 0.731. The molecule has 0 saturated heterocycles. The molecule has 0 heterocycles. The van der Waals surface area contributed by atoms with Crippen molar-refractivity contribution >= 4 is 34.8 Å². The minimum absolute atomic E-state index is 0.00819. The number of halogens is 2. The van der Waals surface area contributed by atoms with Crippen LogP contribution in [-0.4, -0.2) is 13.0 Å². The molecule has 2 atom stereocenters. The Bertz CT molecular complexity index is 718. The van der Waals surface area contributed by atoms with Crippen LogP contribution < -0.4 is 10.1 Å². The number of ether oxygens (including phenoxy) is 1. The molecule has 2 aromatic carbocycles. The summed E-state index contributed by atoms with van der Waals surface area (Å²) in [7, 11) is 1.55. The zero-order valence-corrected chi connectivity index (χ0v) is 13.5. The summed E-state index contributed by atoms with van der Waals surface area (Å²) in [5, 5.41) is 4.08. The van der Waals surface area contributed by atoms with E-state index in [2.05, 4.69) is 5.32 Å². The largest absolute Gasteiger partial charge is 0.495 e. The standard InChI is InChI=1S/C17H15Cl2NO2/c1-22-16-7-6-10(8-15(16)19)20-17(21)13-9-12(13)11-4-2-3-5-14(11)18/h2-8,12-13H,9H2,1H3,(H,20,21). The fourth-order valence-corrected chi connectivity index (χ4v) is 3.12. The Kier molecular flexibility index (Phi) is 4.27. The van der Waals surface area contributed by atoms with Crippen LogP contribution in [0.4, 0.5) is 5.69 Å². The maximum absolute atomic E-state index is 12.3. The van der Waals surface area contributed by atoms with E-state index in [1.54, 1.807) is 25.3 Å². The topological polar surface area (TPSA) is 38.3 Å². The third kappa shape index (κ3) is 3.06. The normalized spacial score (nSPS) is 19.6. The SMILES string of the molecule is COc1ccc(NC(=O)C2CC2c2ccccc2Cl)cc1Cl. The molecule has 114 valence electrons. The van der Waals surface area contributed by atoms with Gasteiger partial charge in [-0.1, -0.05) is 41.4 Å². The van der Waals surface area contributed by atoms with E-state index in [4.69, 9.17) is 27.9 Å². The van der Waals surface area contributed by atoms with Crippen molar-refractivity contribution in [2.75, 3.05) is 12.4 Å². The molecular weight excluding hydrogens is 321 g/mol. The van der Waals surface area contributed by atoms with Gasteiger partial charge >= 0.3 is 0 Å². The highest BCUT2D eigenvalue weighted by atomic mass is 35.5. The molecule has 22 heavy (non-hydrogen) atoms. The predicted molar refractivity (Wildman–Crippen MR) is 88.9 cm³/mol. The van der Waals surface area contributed by atoms with E-state index in [0.717, 1.165) is 17.0 Å². The average molecular weight is 336 g/mol. The van der Waals surface area contributed by atoms with E-state index in [0.29, 0.717) is 16.5 Å². The molecule has 0 spiro atoms. The van der Waals surface area contributed by atoms with E-state index < -0.39 is 0 Å². The van der Waals surface area contributed by atoms with Crippen LogP contribution in [0.1, 0.15) is 17.9 Å².